The van der Waals surface area contributed by atoms with E-state index in [1.54, 1.807) is 31.4 Å². The van der Waals surface area contributed by atoms with Crippen LogP contribution in [0, 0.1) is 5.92 Å². The van der Waals surface area contributed by atoms with E-state index in [0.29, 0.717) is 35.8 Å². The van der Waals surface area contributed by atoms with Gasteiger partial charge in [-0.05, 0) is 24.1 Å². The molecule has 0 fully saturated rings. The molecule has 1 atom stereocenters. The van der Waals surface area contributed by atoms with Crippen LogP contribution in [-0.4, -0.2) is 31.7 Å². The summed E-state index contributed by atoms with van der Waals surface area (Å²) in [7, 11) is 3.07. The molecule has 0 amide bonds. The van der Waals surface area contributed by atoms with Crippen LogP contribution >= 0.6 is 0 Å². The highest BCUT2D eigenvalue weighted by Gasteiger charge is 2.32. The van der Waals surface area contributed by atoms with Gasteiger partial charge < -0.3 is 19.3 Å². The number of Topliss-reactive ketones (excluding diaryl/α,β-unsaturated/α-hetero) is 1. The van der Waals surface area contributed by atoms with Crippen molar-refractivity contribution in [2.75, 3.05) is 20.8 Å². The lowest BCUT2D eigenvalue weighted by atomic mass is 9.89. The number of ketones is 1. The van der Waals surface area contributed by atoms with Crippen LogP contribution in [0.1, 0.15) is 15.9 Å². The Morgan fingerprint density at radius 3 is 2.57 bits per heavy atom. The van der Waals surface area contributed by atoms with E-state index < -0.39 is 0 Å². The predicted molar refractivity (Wildman–Crippen MR) is 84.7 cm³/mol. The van der Waals surface area contributed by atoms with E-state index in [0.717, 1.165) is 5.56 Å². The van der Waals surface area contributed by atoms with Gasteiger partial charge in [0, 0.05) is 12.1 Å². The summed E-state index contributed by atoms with van der Waals surface area (Å²) in [6.07, 6.45) is 0.549. The Labute approximate surface area is 134 Å². The molecule has 5 nitrogen and oxygen atoms in total. The van der Waals surface area contributed by atoms with Gasteiger partial charge in [0.05, 0.1) is 26.7 Å². The monoisotopic (exact) mass is 314 g/mol. The minimum Gasteiger partial charge on any atom is -0.508 e. The normalized spacial score (nSPS) is 16.4. The number of phenols is 1. The van der Waals surface area contributed by atoms with Gasteiger partial charge >= 0.3 is 0 Å². The van der Waals surface area contributed by atoms with Crippen LogP contribution < -0.4 is 14.2 Å². The van der Waals surface area contributed by atoms with Crippen LogP contribution in [0.2, 0.25) is 0 Å². The number of hydrogen-bond acceptors (Lipinski definition) is 5. The van der Waals surface area contributed by atoms with Gasteiger partial charge in [-0.3, -0.25) is 4.79 Å². The summed E-state index contributed by atoms with van der Waals surface area (Å²) in [5.74, 6) is 1.46. The second-order valence-electron chi connectivity index (χ2n) is 5.45. The number of methoxy groups -OCH3 is 2. The Morgan fingerprint density at radius 2 is 1.91 bits per heavy atom. The Hall–Kier alpha value is -2.69. The molecule has 2 aromatic rings. The Bertz CT molecular complexity index is 704. The molecule has 0 bridgehead atoms. The molecule has 120 valence electrons. The zero-order valence-corrected chi connectivity index (χ0v) is 13.0. The van der Waals surface area contributed by atoms with E-state index in [2.05, 4.69) is 0 Å². The number of benzene rings is 2. The molecule has 1 aliphatic rings. The van der Waals surface area contributed by atoms with Crippen LogP contribution in [-0.2, 0) is 6.42 Å². The lowest BCUT2D eigenvalue weighted by Crippen LogP contribution is -2.30. The molecule has 1 N–H and O–H groups in total. The molecule has 1 heterocycles. The molecular formula is C18H18O5. The van der Waals surface area contributed by atoms with Crippen molar-refractivity contribution in [2.45, 2.75) is 6.42 Å². The highest BCUT2D eigenvalue weighted by atomic mass is 16.5. The zero-order chi connectivity index (χ0) is 16.4. The molecule has 0 spiro atoms. The number of aromatic hydroxyl groups is 1. The first-order valence-electron chi connectivity index (χ1n) is 7.33. The molecule has 0 radical (unpaired) electrons. The average molecular weight is 314 g/mol. The first kappa shape index (κ1) is 15.2. The third kappa shape index (κ3) is 2.95. The lowest BCUT2D eigenvalue weighted by molar-refractivity contribution is 0.0825. The summed E-state index contributed by atoms with van der Waals surface area (Å²) in [6.45, 7) is 0.309. The van der Waals surface area contributed by atoms with Crippen molar-refractivity contribution in [1.29, 1.82) is 0 Å². The van der Waals surface area contributed by atoms with Gasteiger partial charge in [0.25, 0.3) is 0 Å². The largest absolute Gasteiger partial charge is 0.508 e. The Morgan fingerprint density at radius 1 is 1.17 bits per heavy atom. The van der Waals surface area contributed by atoms with Crippen LogP contribution in [0.15, 0.2) is 36.4 Å². The van der Waals surface area contributed by atoms with E-state index in [1.165, 1.54) is 7.11 Å². The molecule has 3 rings (SSSR count). The fourth-order valence-electron chi connectivity index (χ4n) is 2.74. The molecule has 23 heavy (non-hydrogen) atoms. The van der Waals surface area contributed by atoms with E-state index >= 15 is 0 Å². The number of fused-ring (bicyclic) bond motifs is 1. The van der Waals surface area contributed by atoms with Gasteiger partial charge in [0.1, 0.15) is 28.6 Å². The van der Waals surface area contributed by atoms with Gasteiger partial charge in [-0.15, -0.1) is 0 Å². The molecular weight excluding hydrogens is 296 g/mol. The highest BCUT2D eigenvalue weighted by Crippen LogP contribution is 2.39. The highest BCUT2D eigenvalue weighted by molar-refractivity contribution is 6.04. The van der Waals surface area contributed by atoms with Gasteiger partial charge in [-0.2, -0.15) is 0 Å². The predicted octanol–water partition coefficient (Wildman–Crippen LogP) is 2.84. The smallest absolute Gasteiger partial charge is 0.177 e. The third-order valence-electron chi connectivity index (χ3n) is 3.97. The van der Waals surface area contributed by atoms with Crippen molar-refractivity contribution in [3.8, 4) is 23.0 Å². The third-order valence-corrected chi connectivity index (χ3v) is 3.97. The van der Waals surface area contributed by atoms with Crippen LogP contribution in [0.4, 0.5) is 0 Å². The van der Waals surface area contributed by atoms with E-state index in [9.17, 15) is 9.90 Å². The topological polar surface area (TPSA) is 65.0 Å². The number of ether oxygens (including phenoxy) is 3. The maximum Gasteiger partial charge on any atom is 0.177 e. The summed E-state index contributed by atoms with van der Waals surface area (Å²) in [4.78, 5) is 12.8. The van der Waals surface area contributed by atoms with Crippen molar-refractivity contribution in [3.05, 3.63) is 47.5 Å². The van der Waals surface area contributed by atoms with Gasteiger partial charge in [0.2, 0.25) is 0 Å². The summed E-state index contributed by atoms with van der Waals surface area (Å²) in [5.41, 5.74) is 1.43. The number of phenolic OH excluding ortho intramolecular Hbond substituents is 1. The van der Waals surface area contributed by atoms with E-state index in [-0.39, 0.29) is 17.5 Å². The van der Waals surface area contributed by atoms with Crippen LogP contribution in [0.25, 0.3) is 0 Å². The minimum absolute atomic E-state index is 0.00109. The molecule has 0 aromatic heterocycles. The van der Waals surface area contributed by atoms with E-state index in [1.807, 2.05) is 12.1 Å². The SMILES string of the molecule is COc1cc(OC)c2c(c1)OC[C@H](Cc1ccc(O)cc1)C2=O. The van der Waals surface area contributed by atoms with Crippen molar-refractivity contribution >= 4 is 5.78 Å². The maximum absolute atomic E-state index is 12.8. The lowest BCUT2D eigenvalue weighted by Gasteiger charge is -2.26. The number of hydrogen-bond donors (Lipinski definition) is 1. The first-order chi connectivity index (χ1) is 11.1. The van der Waals surface area contributed by atoms with Crippen molar-refractivity contribution in [2.24, 2.45) is 5.92 Å². The summed E-state index contributed by atoms with van der Waals surface area (Å²) >= 11 is 0. The molecule has 1 aliphatic heterocycles. The van der Waals surface area contributed by atoms with Gasteiger partial charge in [0.15, 0.2) is 5.78 Å². The summed E-state index contributed by atoms with van der Waals surface area (Å²) < 4.78 is 16.3. The quantitative estimate of drug-likeness (QED) is 0.940. The van der Waals surface area contributed by atoms with Crippen molar-refractivity contribution in [1.82, 2.24) is 0 Å². The Balaban J connectivity index is 1.89. The summed E-state index contributed by atoms with van der Waals surface area (Å²) in [6, 6.07) is 10.2. The number of carbonyl (C=O) groups is 1. The second kappa shape index (κ2) is 6.20. The van der Waals surface area contributed by atoms with Crippen molar-refractivity contribution < 1.29 is 24.1 Å². The molecule has 0 saturated carbocycles. The maximum atomic E-state index is 12.8. The molecule has 0 unspecified atom stereocenters. The molecule has 0 aliphatic carbocycles. The van der Waals surface area contributed by atoms with Gasteiger partial charge in [-0.1, -0.05) is 12.1 Å². The molecule has 0 saturated heterocycles. The molecule has 2 aromatic carbocycles. The van der Waals surface area contributed by atoms with Gasteiger partial charge in [-0.25, -0.2) is 0 Å². The molecule has 5 heteroatoms. The van der Waals surface area contributed by atoms with Crippen molar-refractivity contribution in [3.63, 3.8) is 0 Å². The summed E-state index contributed by atoms with van der Waals surface area (Å²) in [5, 5.41) is 9.34. The second-order valence-corrected chi connectivity index (χ2v) is 5.45. The number of carbonyl (C=O) groups excluding carboxylic acids is 1. The average Bonchev–Trinajstić information content (AvgIpc) is 2.58. The fraction of sp³-hybridized carbons (Fsp3) is 0.278. The van der Waals surface area contributed by atoms with Crippen LogP contribution in [0.5, 0.6) is 23.0 Å². The minimum atomic E-state index is -0.283. The first-order valence-corrected chi connectivity index (χ1v) is 7.33. The Kier molecular flexibility index (Phi) is 4.10. The standard InChI is InChI=1S/C18H18O5/c1-21-14-8-15(22-2)17-16(9-14)23-10-12(18(17)20)7-11-3-5-13(19)6-4-11/h3-6,8-9,12,19H,7,10H2,1-2H3/t12-/m0/s1. The fourth-order valence-corrected chi connectivity index (χ4v) is 2.74. The van der Waals surface area contributed by atoms with Crippen LogP contribution in [0.3, 0.4) is 0 Å². The number of rotatable bonds is 4. The zero-order valence-electron chi connectivity index (χ0n) is 13.0. The van der Waals surface area contributed by atoms with E-state index in [4.69, 9.17) is 14.2 Å².